The molecule has 0 N–H and O–H groups in total. The van der Waals surface area contributed by atoms with Gasteiger partial charge in [0.1, 0.15) is 11.5 Å². The summed E-state index contributed by atoms with van der Waals surface area (Å²) in [6.07, 6.45) is 26.6. The van der Waals surface area contributed by atoms with Crippen LogP contribution in [0, 0.1) is 24.7 Å². The average molecular weight is 561 g/mol. The molecule has 0 unspecified atom stereocenters. The van der Waals surface area contributed by atoms with E-state index in [4.69, 9.17) is 9.47 Å². The highest BCUT2D eigenvalue weighted by molar-refractivity contribution is 5.30. The Morgan fingerprint density at radius 1 is 0.512 bits per heavy atom. The largest absolute Gasteiger partial charge is 0.494 e. The topological polar surface area (TPSA) is 18.5 Å². The third-order valence-electron chi connectivity index (χ3n) is 10.2. The maximum Gasteiger partial charge on any atom is 0.119 e. The number of benzene rings is 2. The van der Waals surface area contributed by atoms with Gasteiger partial charge in [0.05, 0.1) is 13.2 Å². The lowest BCUT2D eigenvalue weighted by molar-refractivity contribution is 0.222. The third kappa shape index (κ3) is 12.0. The molecule has 0 aromatic heterocycles. The molecule has 0 spiro atoms. The Balaban J connectivity index is 1.01. The highest BCUT2D eigenvalue weighted by atomic mass is 16.5. The number of hydrogen-bond acceptors (Lipinski definition) is 2. The molecule has 2 aromatic rings. The number of unbranched alkanes of at least 4 members (excludes halogenated alkanes) is 6. The smallest absolute Gasteiger partial charge is 0.119 e. The van der Waals surface area contributed by atoms with Crippen LogP contribution >= 0.6 is 0 Å². The fourth-order valence-electron chi connectivity index (χ4n) is 7.33. The van der Waals surface area contributed by atoms with Crippen molar-refractivity contribution >= 4 is 0 Å². The molecule has 2 fully saturated rings. The van der Waals surface area contributed by atoms with Gasteiger partial charge in [0.15, 0.2) is 0 Å². The summed E-state index contributed by atoms with van der Waals surface area (Å²) in [4.78, 5) is 0. The van der Waals surface area contributed by atoms with Crippen LogP contribution in [0.2, 0.25) is 0 Å². The molecule has 41 heavy (non-hydrogen) atoms. The Bertz CT molecular complexity index is 917. The zero-order chi connectivity index (χ0) is 28.5. The first-order valence-corrected chi connectivity index (χ1v) is 17.6. The van der Waals surface area contributed by atoms with Gasteiger partial charge in [0.25, 0.3) is 0 Å². The average Bonchev–Trinajstić information content (AvgIpc) is 3.02. The summed E-state index contributed by atoms with van der Waals surface area (Å²) in [6.45, 7) is 6.03. The first-order chi connectivity index (χ1) is 20.2. The normalized spacial score (nSPS) is 22.9. The van der Waals surface area contributed by atoms with Gasteiger partial charge >= 0.3 is 0 Å². The summed E-state index contributed by atoms with van der Waals surface area (Å²) in [5.41, 5.74) is 2.80. The Morgan fingerprint density at radius 2 is 0.976 bits per heavy atom. The summed E-state index contributed by atoms with van der Waals surface area (Å²) >= 11 is 0. The molecule has 0 amide bonds. The van der Waals surface area contributed by atoms with Gasteiger partial charge < -0.3 is 9.47 Å². The van der Waals surface area contributed by atoms with Crippen LogP contribution in [0.3, 0.4) is 0 Å². The van der Waals surface area contributed by atoms with Crippen LogP contribution in [0.25, 0.3) is 0 Å². The lowest BCUT2D eigenvalue weighted by Gasteiger charge is -2.32. The summed E-state index contributed by atoms with van der Waals surface area (Å²) in [5, 5.41) is 0. The van der Waals surface area contributed by atoms with E-state index >= 15 is 0 Å². The molecular formula is C39H60O2. The van der Waals surface area contributed by atoms with Crippen molar-refractivity contribution in [2.24, 2.45) is 17.8 Å². The van der Waals surface area contributed by atoms with E-state index < -0.39 is 0 Å². The quantitative estimate of drug-likeness (QED) is 0.169. The molecule has 2 nitrogen and oxygen atoms in total. The van der Waals surface area contributed by atoms with E-state index in [2.05, 4.69) is 62.4 Å². The molecule has 0 aliphatic heterocycles. The van der Waals surface area contributed by atoms with Gasteiger partial charge in [-0.25, -0.2) is 0 Å². The van der Waals surface area contributed by atoms with Crippen molar-refractivity contribution < 1.29 is 9.47 Å². The second-order valence-corrected chi connectivity index (χ2v) is 13.5. The molecular weight excluding hydrogens is 500 g/mol. The van der Waals surface area contributed by atoms with E-state index in [9.17, 15) is 0 Å². The Kier molecular flexibility index (Phi) is 14.5. The van der Waals surface area contributed by atoms with E-state index in [-0.39, 0.29) is 0 Å². The molecule has 0 heterocycles. The minimum Gasteiger partial charge on any atom is -0.494 e. The minimum absolute atomic E-state index is 0.755. The van der Waals surface area contributed by atoms with Crippen LogP contribution < -0.4 is 9.47 Å². The van der Waals surface area contributed by atoms with Crippen molar-refractivity contribution in [2.45, 2.75) is 142 Å². The molecule has 2 aliphatic carbocycles. The van der Waals surface area contributed by atoms with Crippen LogP contribution in [0.1, 0.15) is 146 Å². The van der Waals surface area contributed by atoms with Gasteiger partial charge in [-0.3, -0.25) is 0 Å². The Morgan fingerprint density at radius 3 is 1.51 bits per heavy atom. The monoisotopic (exact) mass is 560 g/mol. The van der Waals surface area contributed by atoms with Crippen molar-refractivity contribution in [2.75, 3.05) is 13.2 Å². The van der Waals surface area contributed by atoms with Crippen LogP contribution in [0.5, 0.6) is 11.5 Å². The maximum atomic E-state index is 6.05. The molecule has 4 rings (SSSR count). The van der Waals surface area contributed by atoms with Gasteiger partial charge in [-0.1, -0.05) is 107 Å². The highest BCUT2D eigenvalue weighted by Gasteiger charge is 2.25. The fourth-order valence-corrected chi connectivity index (χ4v) is 7.33. The van der Waals surface area contributed by atoms with Crippen molar-refractivity contribution in [1.29, 1.82) is 0 Å². The van der Waals surface area contributed by atoms with E-state index in [1.807, 2.05) is 0 Å². The minimum atomic E-state index is 0.755. The second-order valence-electron chi connectivity index (χ2n) is 13.5. The molecule has 2 heteroatoms. The summed E-state index contributed by atoms with van der Waals surface area (Å²) in [7, 11) is 0. The van der Waals surface area contributed by atoms with E-state index in [1.54, 1.807) is 0 Å². The standard InChI is InChI=1S/C39H60O2/c1-3-4-5-8-11-33-14-16-34(17-15-33)18-19-35-20-22-36(23-21-35)37-24-28-39(29-25-37)41-31-10-7-6-9-30-40-38-26-12-32(2)13-27-38/h12-13,24-29,33-36H,3-11,14-23,30-31H2,1-2H3. The number of aryl methyl sites for hydroxylation is 1. The lowest BCUT2D eigenvalue weighted by Crippen LogP contribution is -2.17. The van der Waals surface area contributed by atoms with E-state index in [1.165, 1.54) is 120 Å². The van der Waals surface area contributed by atoms with Crippen molar-refractivity contribution in [3.63, 3.8) is 0 Å². The van der Waals surface area contributed by atoms with Crippen LogP contribution in [0.15, 0.2) is 48.5 Å². The number of rotatable bonds is 18. The summed E-state index contributed by atoms with van der Waals surface area (Å²) < 4.78 is 11.9. The van der Waals surface area contributed by atoms with Gasteiger partial charge in [-0.15, -0.1) is 0 Å². The third-order valence-corrected chi connectivity index (χ3v) is 10.2. The molecule has 2 aliphatic rings. The number of hydrogen-bond donors (Lipinski definition) is 0. The van der Waals surface area contributed by atoms with Gasteiger partial charge in [0.2, 0.25) is 0 Å². The van der Waals surface area contributed by atoms with Gasteiger partial charge in [0, 0.05) is 0 Å². The van der Waals surface area contributed by atoms with Crippen molar-refractivity contribution in [3.05, 3.63) is 59.7 Å². The molecule has 2 saturated carbocycles. The maximum absolute atomic E-state index is 6.05. The van der Waals surface area contributed by atoms with Crippen molar-refractivity contribution in [1.82, 2.24) is 0 Å². The molecule has 0 saturated heterocycles. The second kappa shape index (κ2) is 18.6. The van der Waals surface area contributed by atoms with E-state index in [0.717, 1.165) is 61.2 Å². The van der Waals surface area contributed by atoms with E-state index in [0.29, 0.717) is 0 Å². The Hall–Kier alpha value is -1.96. The predicted octanol–water partition coefficient (Wildman–Crippen LogP) is 11.8. The first-order valence-electron chi connectivity index (χ1n) is 17.6. The molecule has 0 radical (unpaired) electrons. The SMILES string of the molecule is CCCCCCC1CCC(CCC2CCC(c3ccc(OCCCCCCOc4ccc(C)cc4)cc3)CC2)CC1. The molecule has 2 aromatic carbocycles. The van der Waals surface area contributed by atoms with Crippen LogP contribution in [-0.2, 0) is 0 Å². The zero-order valence-corrected chi connectivity index (χ0v) is 26.6. The summed E-state index contributed by atoms with van der Waals surface area (Å²) in [5.74, 6) is 5.83. The predicted molar refractivity (Wildman–Crippen MR) is 175 cm³/mol. The van der Waals surface area contributed by atoms with Gasteiger partial charge in [-0.2, -0.15) is 0 Å². The fraction of sp³-hybridized carbons (Fsp3) is 0.692. The molecule has 228 valence electrons. The van der Waals surface area contributed by atoms with Crippen LogP contribution in [0.4, 0.5) is 0 Å². The molecule has 0 atom stereocenters. The summed E-state index contributed by atoms with van der Waals surface area (Å²) in [6, 6.07) is 17.4. The molecule has 0 bridgehead atoms. The first kappa shape index (κ1) is 32.0. The lowest BCUT2D eigenvalue weighted by atomic mass is 9.74. The highest BCUT2D eigenvalue weighted by Crippen LogP contribution is 2.40. The zero-order valence-electron chi connectivity index (χ0n) is 26.6. The van der Waals surface area contributed by atoms with Crippen molar-refractivity contribution in [3.8, 4) is 11.5 Å². The Labute approximate surface area is 253 Å². The number of ether oxygens (including phenoxy) is 2. The van der Waals surface area contributed by atoms with Crippen LogP contribution in [-0.4, -0.2) is 13.2 Å². The van der Waals surface area contributed by atoms with Gasteiger partial charge in [-0.05, 0) is 112 Å².